The number of benzene rings is 1. The fourth-order valence-electron chi connectivity index (χ4n) is 4.66. The molecule has 4 heterocycles. The summed E-state index contributed by atoms with van der Waals surface area (Å²) in [7, 11) is 0. The summed E-state index contributed by atoms with van der Waals surface area (Å²) < 4.78 is 11.6. The standard InChI is InChI=1S/C24H27N5O3/c1-17-15-18(2)27-23(26-17)28-10-7-24(8-11-28)22(30)29(12-14-32-24)16-19-5-3-4-6-20(19)21-25-9-13-31-21/h3-6,9,13,15H,7-8,10-12,14,16H2,1-2H3. The van der Waals surface area contributed by atoms with Crippen molar-refractivity contribution in [1.82, 2.24) is 19.9 Å². The molecular formula is C24H27N5O3. The lowest BCUT2D eigenvalue weighted by molar-refractivity contribution is -0.176. The van der Waals surface area contributed by atoms with Gasteiger partial charge in [-0.25, -0.2) is 15.0 Å². The van der Waals surface area contributed by atoms with E-state index < -0.39 is 5.60 Å². The molecule has 0 bridgehead atoms. The first-order chi connectivity index (χ1) is 15.5. The van der Waals surface area contributed by atoms with Gasteiger partial charge in [0.1, 0.15) is 11.9 Å². The van der Waals surface area contributed by atoms with E-state index in [-0.39, 0.29) is 5.91 Å². The van der Waals surface area contributed by atoms with Crippen LogP contribution in [-0.4, -0.2) is 57.6 Å². The lowest BCUT2D eigenvalue weighted by atomic mass is 9.88. The second kappa shape index (κ2) is 8.35. The predicted molar refractivity (Wildman–Crippen MR) is 119 cm³/mol. The Morgan fingerprint density at radius 2 is 1.81 bits per heavy atom. The molecule has 5 rings (SSSR count). The minimum absolute atomic E-state index is 0.0620. The number of morpholine rings is 1. The minimum atomic E-state index is -0.772. The average molecular weight is 434 g/mol. The molecule has 1 aromatic carbocycles. The van der Waals surface area contributed by atoms with Crippen molar-refractivity contribution in [3.05, 3.63) is 59.7 Å². The van der Waals surface area contributed by atoms with E-state index in [1.165, 1.54) is 0 Å². The number of hydrogen-bond donors (Lipinski definition) is 0. The van der Waals surface area contributed by atoms with Crippen molar-refractivity contribution < 1.29 is 13.9 Å². The van der Waals surface area contributed by atoms with Crippen molar-refractivity contribution in [3.63, 3.8) is 0 Å². The first-order valence-corrected chi connectivity index (χ1v) is 11.0. The number of nitrogens with zero attached hydrogens (tertiary/aromatic N) is 5. The first-order valence-electron chi connectivity index (χ1n) is 11.0. The third kappa shape index (κ3) is 3.86. The van der Waals surface area contributed by atoms with Gasteiger partial charge >= 0.3 is 0 Å². The summed E-state index contributed by atoms with van der Waals surface area (Å²) in [6.45, 7) is 6.95. The SMILES string of the molecule is Cc1cc(C)nc(N2CCC3(CC2)OCCN(Cc2ccccc2-c2ncco2)C3=O)n1. The topological polar surface area (TPSA) is 84.6 Å². The highest BCUT2D eigenvalue weighted by Crippen LogP contribution is 2.34. The van der Waals surface area contributed by atoms with Gasteiger partial charge < -0.3 is 19.0 Å². The predicted octanol–water partition coefficient (Wildman–Crippen LogP) is 3.15. The maximum atomic E-state index is 13.6. The monoisotopic (exact) mass is 433 g/mol. The molecule has 32 heavy (non-hydrogen) atoms. The van der Waals surface area contributed by atoms with Crippen LogP contribution in [0.15, 0.2) is 47.2 Å². The van der Waals surface area contributed by atoms with Gasteiger partial charge in [0.25, 0.3) is 5.91 Å². The second-order valence-corrected chi connectivity index (χ2v) is 8.50. The first kappa shape index (κ1) is 20.6. The second-order valence-electron chi connectivity index (χ2n) is 8.50. The van der Waals surface area contributed by atoms with E-state index >= 15 is 0 Å². The Labute approximate surface area is 187 Å². The molecule has 2 saturated heterocycles. The van der Waals surface area contributed by atoms with Crippen LogP contribution in [0.25, 0.3) is 11.5 Å². The van der Waals surface area contributed by atoms with Crippen molar-refractivity contribution in [1.29, 1.82) is 0 Å². The Balaban J connectivity index is 1.31. The summed E-state index contributed by atoms with van der Waals surface area (Å²) in [4.78, 5) is 31.1. The summed E-state index contributed by atoms with van der Waals surface area (Å²) in [5.74, 6) is 1.36. The third-order valence-electron chi connectivity index (χ3n) is 6.28. The van der Waals surface area contributed by atoms with E-state index in [1.54, 1.807) is 12.5 Å². The summed E-state index contributed by atoms with van der Waals surface area (Å²) in [5.41, 5.74) is 3.06. The zero-order chi connectivity index (χ0) is 22.1. The summed E-state index contributed by atoms with van der Waals surface area (Å²) in [5, 5.41) is 0. The number of rotatable bonds is 4. The molecule has 0 N–H and O–H groups in total. The lowest BCUT2D eigenvalue weighted by Crippen LogP contribution is -2.60. The van der Waals surface area contributed by atoms with Crippen molar-refractivity contribution in [3.8, 4) is 11.5 Å². The summed E-state index contributed by atoms with van der Waals surface area (Å²) >= 11 is 0. The van der Waals surface area contributed by atoms with Crippen LogP contribution in [0.2, 0.25) is 0 Å². The number of amides is 1. The number of carbonyl (C=O) groups excluding carboxylic acids is 1. The smallest absolute Gasteiger partial charge is 0.255 e. The van der Waals surface area contributed by atoms with E-state index in [0.29, 0.717) is 51.5 Å². The van der Waals surface area contributed by atoms with Gasteiger partial charge in [-0.05, 0) is 31.5 Å². The van der Waals surface area contributed by atoms with Gasteiger partial charge in [0.2, 0.25) is 11.8 Å². The number of piperidine rings is 1. The number of carbonyl (C=O) groups is 1. The van der Waals surface area contributed by atoms with Crippen LogP contribution in [0.4, 0.5) is 5.95 Å². The van der Waals surface area contributed by atoms with Crippen LogP contribution < -0.4 is 4.90 Å². The Morgan fingerprint density at radius 1 is 1.06 bits per heavy atom. The zero-order valence-corrected chi connectivity index (χ0v) is 18.5. The van der Waals surface area contributed by atoms with Gasteiger partial charge in [-0.3, -0.25) is 4.79 Å². The number of hydrogen-bond acceptors (Lipinski definition) is 7. The van der Waals surface area contributed by atoms with Gasteiger partial charge in [-0.2, -0.15) is 0 Å². The maximum absolute atomic E-state index is 13.6. The van der Waals surface area contributed by atoms with Gasteiger partial charge in [0.05, 0.1) is 12.8 Å². The average Bonchev–Trinajstić information content (AvgIpc) is 3.32. The quantitative estimate of drug-likeness (QED) is 0.625. The molecule has 1 amide bonds. The van der Waals surface area contributed by atoms with Crippen LogP contribution in [0.1, 0.15) is 29.8 Å². The van der Waals surface area contributed by atoms with Crippen LogP contribution in [0, 0.1) is 13.8 Å². The van der Waals surface area contributed by atoms with E-state index in [0.717, 1.165) is 28.5 Å². The molecule has 0 aliphatic carbocycles. The summed E-state index contributed by atoms with van der Waals surface area (Å²) in [6, 6.07) is 9.90. The number of ether oxygens (including phenoxy) is 1. The number of oxazole rings is 1. The molecule has 166 valence electrons. The number of aryl methyl sites for hydroxylation is 2. The van der Waals surface area contributed by atoms with Crippen molar-refractivity contribution in [2.24, 2.45) is 0 Å². The fourth-order valence-corrected chi connectivity index (χ4v) is 4.66. The molecule has 2 aromatic heterocycles. The van der Waals surface area contributed by atoms with Crippen LogP contribution >= 0.6 is 0 Å². The van der Waals surface area contributed by atoms with Crippen LogP contribution in [0.5, 0.6) is 0 Å². The molecular weight excluding hydrogens is 406 g/mol. The largest absolute Gasteiger partial charge is 0.445 e. The minimum Gasteiger partial charge on any atom is -0.445 e. The Morgan fingerprint density at radius 3 is 2.53 bits per heavy atom. The van der Waals surface area contributed by atoms with E-state index in [2.05, 4.69) is 19.9 Å². The molecule has 0 unspecified atom stereocenters. The van der Waals surface area contributed by atoms with Crippen LogP contribution in [-0.2, 0) is 16.1 Å². The highest BCUT2D eigenvalue weighted by atomic mass is 16.5. The Hall–Kier alpha value is -3.26. The van der Waals surface area contributed by atoms with Gasteiger partial charge in [-0.15, -0.1) is 0 Å². The fraction of sp³-hybridized carbons (Fsp3) is 0.417. The summed E-state index contributed by atoms with van der Waals surface area (Å²) in [6.07, 6.45) is 4.45. The van der Waals surface area contributed by atoms with Crippen LogP contribution in [0.3, 0.4) is 0 Å². The third-order valence-corrected chi connectivity index (χ3v) is 6.28. The van der Waals surface area contributed by atoms with E-state index in [9.17, 15) is 4.79 Å². The van der Waals surface area contributed by atoms with Crippen molar-refractivity contribution in [2.75, 3.05) is 31.1 Å². The molecule has 3 aromatic rings. The van der Waals surface area contributed by atoms with Crippen molar-refractivity contribution >= 4 is 11.9 Å². The van der Waals surface area contributed by atoms with Gasteiger partial charge in [0, 0.05) is 56.0 Å². The molecule has 1 spiro atoms. The normalized spacial score (nSPS) is 18.4. The molecule has 8 heteroatoms. The van der Waals surface area contributed by atoms with Gasteiger partial charge in [-0.1, -0.05) is 18.2 Å². The zero-order valence-electron chi connectivity index (χ0n) is 18.5. The van der Waals surface area contributed by atoms with E-state index in [4.69, 9.17) is 9.15 Å². The number of anilines is 1. The molecule has 0 atom stereocenters. The molecule has 2 aliphatic heterocycles. The number of aromatic nitrogens is 3. The highest BCUT2D eigenvalue weighted by Gasteiger charge is 2.47. The maximum Gasteiger partial charge on any atom is 0.255 e. The van der Waals surface area contributed by atoms with E-state index in [1.807, 2.05) is 49.1 Å². The highest BCUT2D eigenvalue weighted by molar-refractivity contribution is 5.86. The molecule has 0 saturated carbocycles. The lowest BCUT2D eigenvalue weighted by Gasteiger charge is -2.46. The molecule has 8 nitrogen and oxygen atoms in total. The molecule has 2 fully saturated rings. The van der Waals surface area contributed by atoms with Gasteiger partial charge in [0.15, 0.2) is 0 Å². The molecule has 2 aliphatic rings. The Kier molecular flexibility index (Phi) is 5.38. The van der Waals surface area contributed by atoms with Crippen molar-refractivity contribution in [2.45, 2.75) is 38.8 Å². The molecule has 0 radical (unpaired) electrons. The Bertz CT molecular complexity index is 1090.